The number of hydrogen-bond acceptors (Lipinski definition) is 11. The van der Waals surface area contributed by atoms with Gasteiger partial charge in [-0.1, -0.05) is 52.7 Å². The van der Waals surface area contributed by atoms with Gasteiger partial charge in [-0.15, -0.1) is 0 Å². The molecule has 0 spiro atoms. The molecule has 1 aromatic heterocycles. The van der Waals surface area contributed by atoms with Crippen molar-refractivity contribution in [2.24, 2.45) is 5.92 Å². The molecule has 0 bridgehead atoms. The molecule has 1 aliphatic rings. The Morgan fingerprint density at radius 3 is 2.03 bits per heavy atom. The fourth-order valence-corrected chi connectivity index (χ4v) is 8.23. The first-order valence-electron chi connectivity index (χ1n) is 20.1. The second-order valence-corrected chi connectivity index (χ2v) is 16.5. The van der Waals surface area contributed by atoms with Crippen LogP contribution in [0.15, 0.2) is 110 Å². The van der Waals surface area contributed by atoms with E-state index in [0.29, 0.717) is 12.0 Å². The van der Waals surface area contributed by atoms with E-state index in [1.54, 1.807) is 13.0 Å². The molecule has 11 heteroatoms. The van der Waals surface area contributed by atoms with Crippen molar-refractivity contribution in [2.75, 3.05) is 0 Å². The van der Waals surface area contributed by atoms with E-state index in [0.717, 1.165) is 47.4 Å². The van der Waals surface area contributed by atoms with Crippen molar-refractivity contribution in [3.63, 3.8) is 0 Å². The molecule has 0 amide bonds. The molecule has 1 aliphatic carbocycles. The number of Topliss-reactive ketones (excluding diaryl/α,β-unsaturated/α-hetero) is 1. The zero-order valence-corrected chi connectivity index (χ0v) is 35.1. The largest absolute Gasteiger partial charge is 0.508 e. The van der Waals surface area contributed by atoms with E-state index in [1.807, 2.05) is 46.8 Å². The van der Waals surface area contributed by atoms with Gasteiger partial charge in [0, 0.05) is 53.1 Å². The lowest BCUT2D eigenvalue weighted by atomic mass is 9.65. The second kappa shape index (κ2) is 17.8. The Bertz CT molecular complexity index is 2720. The predicted molar refractivity (Wildman–Crippen MR) is 235 cm³/mol. The third-order valence-corrected chi connectivity index (χ3v) is 11.3. The standard InChI is InChI=1S/C50H52O11/c1-25(2)8-7-9-27(5)11-15-34-47(59)46-43(58)24-42(57)45(50(46)61-49(34)33-17-14-31(52)22-40(33)55)37-19-28(6)18-35(32-16-13-30(51)21-39(32)54)44(37)48(60)36-20-29(12-10-26(3)4)38(53)23-41(36)56/h8,10-11,13-14,16-17,19-24,35,37,44,51-58H,7,9,12,15,18H2,1-6H3/b27-11+/t35-,37+,44-/m0/s1. The number of phenols is 8. The molecule has 318 valence electrons. The number of carbonyl (C=O) groups is 1. The zero-order valence-electron chi connectivity index (χ0n) is 35.1. The van der Waals surface area contributed by atoms with Gasteiger partial charge in [-0.25, -0.2) is 0 Å². The Morgan fingerprint density at radius 2 is 1.38 bits per heavy atom. The highest BCUT2D eigenvalue weighted by Gasteiger charge is 2.44. The molecule has 61 heavy (non-hydrogen) atoms. The number of ketones is 1. The van der Waals surface area contributed by atoms with E-state index < -0.39 is 52.0 Å². The lowest BCUT2D eigenvalue weighted by molar-refractivity contribution is 0.0877. The van der Waals surface area contributed by atoms with E-state index in [-0.39, 0.29) is 86.8 Å². The van der Waals surface area contributed by atoms with Crippen LogP contribution < -0.4 is 5.43 Å². The van der Waals surface area contributed by atoms with Gasteiger partial charge in [0.05, 0.1) is 11.1 Å². The van der Waals surface area contributed by atoms with Crippen LogP contribution in [0.5, 0.6) is 46.0 Å². The van der Waals surface area contributed by atoms with Crippen molar-refractivity contribution in [3.05, 3.63) is 139 Å². The minimum Gasteiger partial charge on any atom is -0.508 e. The van der Waals surface area contributed by atoms with Gasteiger partial charge in [-0.3, -0.25) is 9.59 Å². The molecule has 11 nitrogen and oxygen atoms in total. The van der Waals surface area contributed by atoms with Crippen LogP contribution in [0.4, 0.5) is 0 Å². The van der Waals surface area contributed by atoms with Gasteiger partial charge < -0.3 is 45.3 Å². The summed E-state index contributed by atoms with van der Waals surface area (Å²) in [7, 11) is 0. The van der Waals surface area contributed by atoms with Crippen LogP contribution in [-0.2, 0) is 12.8 Å². The van der Waals surface area contributed by atoms with Gasteiger partial charge in [0.15, 0.2) is 5.78 Å². The molecule has 0 fully saturated rings. The summed E-state index contributed by atoms with van der Waals surface area (Å²) < 4.78 is 6.62. The van der Waals surface area contributed by atoms with E-state index in [2.05, 4.69) is 6.08 Å². The van der Waals surface area contributed by atoms with Gasteiger partial charge in [-0.05, 0) is 109 Å². The molecular formula is C50H52O11. The topological polar surface area (TPSA) is 209 Å². The first-order chi connectivity index (χ1) is 28.9. The summed E-state index contributed by atoms with van der Waals surface area (Å²) in [6.07, 6.45) is 9.54. The average Bonchev–Trinajstić information content (AvgIpc) is 3.16. The Morgan fingerprint density at radius 1 is 0.721 bits per heavy atom. The molecule has 4 aromatic carbocycles. The Balaban J connectivity index is 1.65. The van der Waals surface area contributed by atoms with Crippen molar-refractivity contribution < 1.29 is 50.1 Å². The zero-order chi connectivity index (χ0) is 44.4. The molecule has 0 aliphatic heterocycles. The van der Waals surface area contributed by atoms with Gasteiger partial charge in [0.25, 0.3) is 0 Å². The van der Waals surface area contributed by atoms with Gasteiger partial charge >= 0.3 is 0 Å². The van der Waals surface area contributed by atoms with Gasteiger partial charge in [0.2, 0.25) is 5.43 Å². The quantitative estimate of drug-likeness (QED) is 0.0438. The van der Waals surface area contributed by atoms with Crippen molar-refractivity contribution in [2.45, 2.75) is 85.5 Å². The SMILES string of the molecule is CC(C)=CCC/C(C)=C/Cc1c(-c2ccc(O)cc2O)oc2c([C@@H]3C=C(C)C[C@@H](c4ccc(O)cc4O)[C@@H]3C(=O)c3cc(CC=C(C)C)c(O)cc3O)c(O)cc(O)c2c1=O. The van der Waals surface area contributed by atoms with Crippen LogP contribution >= 0.6 is 0 Å². The fraction of sp³-hybridized carbons (Fsp3) is 0.280. The third-order valence-electron chi connectivity index (χ3n) is 11.3. The summed E-state index contributed by atoms with van der Waals surface area (Å²) in [4.78, 5) is 30.0. The monoisotopic (exact) mass is 828 g/mol. The lowest BCUT2D eigenvalue weighted by Crippen LogP contribution is -2.32. The molecule has 5 aromatic rings. The van der Waals surface area contributed by atoms with E-state index in [9.17, 15) is 45.6 Å². The molecule has 1 heterocycles. The van der Waals surface area contributed by atoms with Crippen LogP contribution in [0.25, 0.3) is 22.3 Å². The number of carbonyl (C=O) groups excluding carboxylic acids is 1. The first kappa shape index (κ1) is 43.7. The smallest absolute Gasteiger partial charge is 0.200 e. The van der Waals surface area contributed by atoms with Crippen molar-refractivity contribution in [1.82, 2.24) is 0 Å². The summed E-state index contributed by atoms with van der Waals surface area (Å²) in [5.41, 5.74) is 3.44. The second-order valence-electron chi connectivity index (χ2n) is 16.5. The normalized spacial score (nSPS) is 16.6. The average molecular weight is 829 g/mol. The number of allylic oxidation sites excluding steroid dienone is 8. The molecule has 0 saturated heterocycles. The molecule has 6 rings (SSSR count). The summed E-state index contributed by atoms with van der Waals surface area (Å²) in [5, 5.41) is 87.9. The molecule has 3 atom stereocenters. The number of fused-ring (bicyclic) bond motifs is 1. The molecule has 0 radical (unpaired) electrons. The number of phenolic OH excluding ortho intramolecular Hbond substituents is 8. The number of hydrogen-bond donors (Lipinski definition) is 8. The Labute approximate surface area is 353 Å². The summed E-state index contributed by atoms with van der Waals surface area (Å²) >= 11 is 0. The first-order valence-corrected chi connectivity index (χ1v) is 20.1. The highest BCUT2D eigenvalue weighted by atomic mass is 16.3. The van der Waals surface area contributed by atoms with E-state index in [1.165, 1.54) is 35.9 Å². The maximum Gasteiger partial charge on any atom is 0.200 e. The fourth-order valence-electron chi connectivity index (χ4n) is 8.23. The van der Waals surface area contributed by atoms with Crippen LogP contribution in [0.2, 0.25) is 0 Å². The summed E-state index contributed by atoms with van der Waals surface area (Å²) in [6, 6.07) is 11.3. The Kier molecular flexibility index (Phi) is 12.7. The van der Waals surface area contributed by atoms with Crippen LogP contribution in [-0.4, -0.2) is 46.6 Å². The van der Waals surface area contributed by atoms with Gasteiger partial charge in [0.1, 0.15) is 62.7 Å². The summed E-state index contributed by atoms with van der Waals surface area (Å²) in [6.45, 7) is 11.5. The van der Waals surface area contributed by atoms with Crippen LogP contribution in [0.1, 0.15) is 105 Å². The number of rotatable bonds is 12. The van der Waals surface area contributed by atoms with Crippen LogP contribution in [0, 0.1) is 5.92 Å². The molecule has 8 N–H and O–H groups in total. The number of benzene rings is 4. The minimum atomic E-state index is -1.24. The van der Waals surface area contributed by atoms with Crippen LogP contribution in [0.3, 0.4) is 0 Å². The minimum absolute atomic E-state index is 0.0329. The van der Waals surface area contributed by atoms with Crippen molar-refractivity contribution in [1.29, 1.82) is 0 Å². The maximum absolute atomic E-state index is 15.2. The molecule has 0 saturated carbocycles. The summed E-state index contributed by atoms with van der Waals surface area (Å²) in [5.74, 6) is -7.00. The lowest BCUT2D eigenvalue weighted by Gasteiger charge is -2.37. The maximum atomic E-state index is 15.2. The third kappa shape index (κ3) is 9.16. The van der Waals surface area contributed by atoms with E-state index in [4.69, 9.17) is 4.42 Å². The van der Waals surface area contributed by atoms with E-state index >= 15 is 4.79 Å². The highest BCUT2D eigenvalue weighted by molar-refractivity contribution is 6.03. The van der Waals surface area contributed by atoms with Gasteiger partial charge in [-0.2, -0.15) is 0 Å². The van der Waals surface area contributed by atoms with Crippen molar-refractivity contribution in [3.8, 4) is 57.3 Å². The Hall–Kier alpha value is -6.88. The van der Waals surface area contributed by atoms with Crippen molar-refractivity contribution >= 4 is 16.8 Å². The number of aromatic hydroxyl groups is 8. The molecule has 0 unspecified atom stereocenters. The predicted octanol–water partition coefficient (Wildman–Crippen LogP) is 10.6. The molecular weight excluding hydrogens is 777 g/mol. The highest BCUT2D eigenvalue weighted by Crippen LogP contribution is 2.53.